The molecule has 4 rings (SSSR count). The molecule has 0 saturated carbocycles. The molecule has 152 valence electrons. The molecule has 29 heavy (non-hydrogen) atoms. The van der Waals surface area contributed by atoms with Gasteiger partial charge in [-0.15, -0.1) is 0 Å². The molecule has 1 saturated heterocycles. The number of fused-ring (bicyclic) bond motifs is 1. The first-order chi connectivity index (χ1) is 14.1. The molecule has 1 aliphatic rings. The summed E-state index contributed by atoms with van der Waals surface area (Å²) in [5.74, 6) is 1.78. The van der Waals surface area contributed by atoms with Crippen LogP contribution in [0.1, 0.15) is 18.4 Å². The number of methoxy groups -OCH3 is 2. The Morgan fingerprint density at radius 1 is 1.17 bits per heavy atom. The van der Waals surface area contributed by atoms with Crippen LogP contribution < -0.4 is 19.9 Å². The Hall–Kier alpha value is -3.13. The SMILES string of the molecule is COc1ccc(Cn2c(=O)ccc3cnc(N4CCCC4CO)nc32)cc1OC. The Balaban J connectivity index is 1.76. The average Bonchev–Trinajstić information content (AvgIpc) is 3.24. The van der Waals surface area contributed by atoms with Gasteiger partial charge in [-0.05, 0) is 36.6 Å². The van der Waals surface area contributed by atoms with Crippen LogP contribution in [0.15, 0.2) is 41.3 Å². The summed E-state index contributed by atoms with van der Waals surface area (Å²) >= 11 is 0. The van der Waals surface area contributed by atoms with Gasteiger partial charge in [-0.1, -0.05) is 6.07 Å². The zero-order chi connectivity index (χ0) is 20.4. The number of aliphatic hydroxyl groups is 1. The molecule has 1 fully saturated rings. The van der Waals surface area contributed by atoms with E-state index >= 15 is 0 Å². The summed E-state index contributed by atoms with van der Waals surface area (Å²) in [6.45, 7) is 1.20. The topological polar surface area (TPSA) is 89.7 Å². The van der Waals surface area contributed by atoms with E-state index in [1.165, 1.54) is 6.07 Å². The molecule has 2 aromatic heterocycles. The van der Waals surface area contributed by atoms with Crippen LogP contribution in [0, 0.1) is 0 Å². The molecular weight excluding hydrogens is 372 g/mol. The molecule has 8 nitrogen and oxygen atoms in total. The van der Waals surface area contributed by atoms with E-state index in [-0.39, 0.29) is 18.2 Å². The Bertz CT molecular complexity index is 1080. The lowest BCUT2D eigenvalue weighted by atomic mass is 10.2. The summed E-state index contributed by atoms with van der Waals surface area (Å²) in [6.07, 6.45) is 3.62. The standard InChI is InChI=1S/C21H24N4O4/c1-28-17-7-5-14(10-18(17)29-2)12-25-19(27)8-6-15-11-22-21(23-20(15)25)24-9-3-4-16(24)13-26/h5-8,10-11,16,26H,3-4,9,12-13H2,1-2H3. The predicted molar refractivity (Wildman–Crippen MR) is 110 cm³/mol. The van der Waals surface area contributed by atoms with Gasteiger partial charge in [-0.2, -0.15) is 4.98 Å². The lowest BCUT2D eigenvalue weighted by Gasteiger charge is -2.23. The second-order valence-corrected chi connectivity index (χ2v) is 7.07. The Morgan fingerprint density at radius 2 is 2.00 bits per heavy atom. The van der Waals surface area contributed by atoms with Crippen molar-refractivity contribution >= 4 is 17.0 Å². The molecule has 0 bridgehead atoms. The highest BCUT2D eigenvalue weighted by atomic mass is 16.5. The summed E-state index contributed by atoms with van der Waals surface area (Å²) in [5, 5.41) is 10.4. The lowest BCUT2D eigenvalue weighted by Crippen LogP contribution is -2.33. The smallest absolute Gasteiger partial charge is 0.252 e. The van der Waals surface area contributed by atoms with Crippen LogP contribution in [0.25, 0.3) is 11.0 Å². The molecule has 1 aromatic carbocycles. The van der Waals surface area contributed by atoms with Crippen molar-refractivity contribution in [2.75, 3.05) is 32.3 Å². The molecule has 0 aliphatic carbocycles. The van der Waals surface area contributed by atoms with Crippen LogP contribution in [-0.4, -0.2) is 53.1 Å². The Morgan fingerprint density at radius 3 is 2.76 bits per heavy atom. The number of benzene rings is 1. The molecule has 3 heterocycles. The third kappa shape index (κ3) is 3.63. The molecule has 0 amide bonds. The van der Waals surface area contributed by atoms with Crippen LogP contribution in [-0.2, 0) is 6.54 Å². The van der Waals surface area contributed by atoms with E-state index in [9.17, 15) is 9.90 Å². The van der Waals surface area contributed by atoms with Gasteiger partial charge in [0.25, 0.3) is 5.56 Å². The van der Waals surface area contributed by atoms with Gasteiger partial charge < -0.3 is 19.5 Å². The number of rotatable bonds is 6. The first-order valence-electron chi connectivity index (χ1n) is 9.59. The van der Waals surface area contributed by atoms with E-state index in [0.717, 1.165) is 30.3 Å². The fraction of sp³-hybridized carbons (Fsp3) is 0.381. The normalized spacial score (nSPS) is 16.4. The maximum atomic E-state index is 12.7. The summed E-state index contributed by atoms with van der Waals surface area (Å²) in [7, 11) is 3.17. The second kappa shape index (κ2) is 8.08. The first kappa shape index (κ1) is 19.2. The number of aromatic nitrogens is 3. The quantitative estimate of drug-likeness (QED) is 0.680. The van der Waals surface area contributed by atoms with Crippen LogP contribution in [0.3, 0.4) is 0 Å². The van der Waals surface area contributed by atoms with E-state index in [0.29, 0.717) is 29.6 Å². The highest BCUT2D eigenvalue weighted by Crippen LogP contribution is 2.28. The van der Waals surface area contributed by atoms with E-state index < -0.39 is 0 Å². The lowest BCUT2D eigenvalue weighted by molar-refractivity contribution is 0.265. The van der Waals surface area contributed by atoms with E-state index in [2.05, 4.69) is 4.98 Å². The number of anilines is 1. The zero-order valence-electron chi connectivity index (χ0n) is 16.5. The summed E-state index contributed by atoms with van der Waals surface area (Å²) < 4.78 is 12.3. The van der Waals surface area contributed by atoms with Crippen LogP contribution in [0.5, 0.6) is 11.5 Å². The van der Waals surface area contributed by atoms with Gasteiger partial charge >= 0.3 is 0 Å². The second-order valence-electron chi connectivity index (χ2n) is 7.07. The molecule has 3 aromatic rings. The van der Waals surface area contributed by atoms with Gasteiger partial charge in [0.15, 0.2) is 11.5 Å². The number of pyridine rings is 1. The minimum Gasteiger partial charge on any atom is -0.493 e. The van der Waals surface area contributed by atoms with Crippen molar-refractivity contribution < 1.29 is 14.6 Å². The fourth-order valence-corrected chi connectivity index (χ4v) is 3.80. The van der Waals surface area contributed by atoms with Crippen molar-refractivity contribution in [1.29, 1.82) is 0 Å². The van der Waals surface area contributed by atoms with Gasteiger partial charge in [-0.3, -0.25) is 9.36 Å². The summed E-state index contributed by atoms with van der Waals surface area (Å²) in [5.41, 5.74) is 1.32. The number of nitrogens with zero attached hydrogens (tertiary/aromatic N) is 4. The molecule has 1 N–H and O–H groups in total. The third-order valence-electron chi connectivity index (χ3n) is 5.34. The van der Waals surface area contributed by atoms with Crippen molar-refractivity contribution in [3.8, 4) is 11.5 Å². The zero-order valence-corrected chi connectivity index (χ0v) is 16.5. The predicted octanol–water partition coefficient (Wildman–Crippen LogP) is 1.82. The maximum absolute atomic E-state index is 12.7. The van der Waals surface area contributed by atoms with Crippen molar-refractivity contribution in [2.24, 2.45) is 0 Å². The van der Waals surface area contributed by atoms with Gasteiger partial charge in [-0.25, -0.2) is 4.98 Å². The van der Waals surface area contributed by atoms with Crippen molar-refractivity contribution in [3.63, 3.8) is 0 Å². The first-order valence-corrected chi connectivity index (χ1v) is 9.59. The van der Waals surface area contributed by atoms with Crippen LogP contribution in [0.4, 0.5) is 5.95 Å². The molecule has 1 aliphatic heterocycles. The highest BCUT2D eigenvalue weighted by Gasteiger charge is 2.26. The minimum atomic E-state index is -0.142. The molecule has 0 radical (unpaired) electrons. The molecule has 0 spiro atoms. The number of aliphatic hydroxyl groups excluding tert-OH is 1. The van der Waals surface area contributed by atoms with Gasteiger partial charge in [0.2, 0.25) is 5.95 Å². The van der Waals surface area contributed by atoms with Gasteiger partial charge in [0.05, 0.1) is 33.4 Å². The van der Waals surface area contributed by atoms with Crippen LogP contribution >= 0.6 is 0 Å². The maximum Gasteiger partial charge on any atom is 0.252 e. The van der Waals surface area contributed by atoms with Gasteiger partial charge in [0.1, 0.15) is 5.65 Å². The highest BCUT2D eigenvalue weighted by molar-refractivity contribution is 5.75. The number of hydrogen-bond donors (Lipinski definition) is 1. The van der Waals surface area contributed by atoms with Crippen LogP contribution in [0.2, 0.25) is 0 Å². The van der Waals surface area contributed by atoms with E-state index in [1.807, 2.05) is 23.1 Å². The van der Waals surface area contributed by atoms with Crippen molar-refractivity contribution in [3.05, 3.63) is 52.4 Å². The minimum absolute atomic E-state index is 0.0159. The molecule has 8 heteroatoms. The summed E-state index contributed by atoms with van der Waals surface area (Å²) in [4.78, 5) is 23.8. The van der Waals surface area contributed by atoms with Crippen molar-refractivity contribution in [1.82, 2.24) is 14.5 Å². The fourth-order valence-electron chi connectivity index (χ4n) is 3.80. The van der Waals surface area contributed by atoms with E-state index in [4.69, 9.17) is 14.5 Å². The largest absolute Gasteiger partial charge is 0.493 e. The molecule has 1 unspecified atom stereocenters. The van der Waals surface area contributed by atoms with Crippen molar-refractivity contribution in [2.45, 2.75) is 25.4 Å². The molecule has 1 atom stereocenters. The monoisotopic (exact) mass is 396 g/mol. The Kier molecular flexibility index (Phi) is 5.35. The Labute approximate surface area is 168 Å². The van der Waals surface area contributed by atoms with E-state index in [1.54, 1.807) is 31.0 Å². The number of hydrogen-bond acceptors (Lipinski definition) is 7. The van der Waals surface area contributed by atoms with Gasteiger partial charge in [0, 0.05) is 24.2 Å². The average molecular weight is 396 g/mol. The third-order valence-corrected chi connectivity index (χ3v) is 5.34. The summed E-state index contributed by atoms with van der Waals surface area (Å²) in [6, 6.07) is 8.85. The number of ether oxygens (including phenoxy) is 2. The molecular formula is C21H24N4O4.